The molecular formula is C10H11Cl2F2NO. The van der Waals surface area contributed by atoms with Gasteiger partial charge in [0.1, 0.15) is 0 Å². The fraction of sp³-hybridized carbons (Fsp3) is 0.400. The summed E-state index contributed by atoms with van der Waals surface area (Å²) in [6.07, 6.45) is 0. The second-order valence-corrected chi connectivity index (χ2v) is 4.26. The van der Waals surface area contributed by atoms with E-state index in [1.54, 1.807) is 0 Å². The van der Waals surface area contributed by atoms with Crippen LogP contribution in [0.4, 0.5) is 14.5 Å². The molecule has 1 aromatic rings. The van der Waals surface area contributed by atoms with Gasteiger partial charge >= 0.3 is 6.61 Å². The number of nitrogens with one attached hydrogen (secondary N) is 1. The molecule has 0 aliphatic rings. The third-order valence-corrected chi connectivity index (χ3v) is 2.22. The highest BCUT2D eigenvalue weighted by atomic mass is 35.5. The van der Waals surface area contributed by atoms with E-state index in [9.17, 15) is 8.78 Å². The molecule has 0 aromatic heterocycles. The van der Waals surface area contributed by atoms with Crippen LogP contribution < -0.4 is 10.1 Å². The van der Waals surface area contributed by atoms with E-state index in [2.05, 4.69) is 10.1 Å². The summed E-state index contributed by atoms with van der Waals surface area (Å²) in [5.41, 5.74) is 0.659. The fourth-order valence-electron chi connectivity index (χ4n) is 1.18. The van der Waals surface area contributed by atoms with Crippen LogP contribution in [0.25, 0.3) is 0 Å². The van der Waals surface area contributed by atoms with Crippen LogP contribution in [0.5, 0.6) is 5.75 Å². The van der Waals surface area contributed by atoms with E-state index < -0.39 is 6.61 Å². The van der Waals surface area contributed by atoms with Crippen LogP contribution in [-0.2, 0) is 0 Å². The lowest BCUT2D eigenvalue weighted by molar-refractivity contribution is -0.0497. The van der Waals surface area contributed by atoms with Crippen LogP contribution in [0.1, 0.15) is 13.8 Å². The second kappa shape index (κ2) is 5.55. The average Bonchev–Trinajstić information content (AvgIpc) is 2.10. The number of benzene rings is 1. The summed E-state index contributed by atoms with van der Waals surface area (Å²) in [4.78, 5) is 0. The molecule has 1 rings (SSSR count). The van der Waals surface area contributed by atoms with Gasteiger partial charge in [-0.25, -0.2) is 0 Å². The van der Waals surface area contributed by atoms with E-state index >= 15 is 0 Å². The van der Waals surface area contributed by atoms with E-state index in [1.807, 2.05) is 13.8 Å². The zero-order chi connectivity index (χ0) is 12.3. The van der Waals surface area contributed by atoms with Gasteiger partial charge in [-0.2, -0.15) is 8.78 Å². The molecule has 0 spiro atoms. The summed E-state index contributed by atoms with van der Waals surface area (Å²) in [6, 6.07) is 3.17. The first-order valence-corrected chi connectivity index (χ1v) is 5.36. The molecule has 16 heavy (non-hydrogen) atoms. The summed E-state index contributed by atoms with van der Waals surface area (Å²) in [6.45, 7) is 0.926. The number of hydrogen-bond donors (Lipinski definition) is 1. The van der Waals surface area contributed by atoms with Crippen molar-refractivity contribution in [3.63, 3.8) is 0 Å². The Bertz CT molecular complexity index is 349. The van der Waals surface area contributed by atoms with Crippen LogP contribution in [0, 0.1) is 0 Å². The Labute approximate surface area is 102 Å². The second-order valence-electron chi connectivity index (χ2n) is 3.45. The fourth-order valence-corrected chi connectivity index (χ4v) is 1.75. The Balaban J connectivity index is 2.98. The highest BCUT2D eigenvalue weighted by molar-refractivity contribution is 6.37. The Hall–Kier alpha value is -0.740. The number of alkyl halides is 2. The maximum absolute atomic E-state index is 12.0. The molecule has 6 heteroatoms. The Kier molecular flexibility index (Phi) is 4.62. The lowest BCUT2D eigenvalue weighted by Gasteiger charge is -2.14. The van der Waals surface area contributed by atoms with Crippen molar-refractivity contribution in [2.45, 2.75) is 26.5 Å². The first kappa shape index (κ1) is 13.3. The number of halogens is 4. The van der Waals surface area contributed by atoms with Crippen molar-refractivity contribution in [3.05, 3.63) is 22.2 Å². The zero-order valence-electron chi connectivity index (χ0n) is 8.73. The Morgan fingerprint density at radius 3 is 2.06 bits per heavy atom. The molecular weight excluding hydrogens is 259 g/mol. The number of ether oxygens (including phenoxy) is 1. The molecule has 0 fully saturated rings. The minimum atomic E-state index is -2.95. The molecule has 0 unspecified atom stereocenters. The van der Waals surface area contributed by atoms with Gasteiger partial charge in [-0.15, -0.1) is 0 Å². The molecule has 0 amide bonds. The molecule has 1 N–H and O–H groups in total. The molecule has 0 atom stereocenters. The SMILES string of the molecule is CC(C)Nc1cc(Cl)c(OC(F)F)c(Cl)c1. The summed E-state index contributed by atoms with van der Waals surface area (Å²) >= 11 is 11.6. The minimum absolute atomic E-state index is 0.0518. The van der Waals surface area contributed by atoms with Gasteiger partial charge in [0.05, 0.1) is 10.0 Å². The van der Waals surface area contributed by atoms with Crippen LogP contribution in [0.2, 0.25) is 10.0 Å². The molecule has 0 heterocycles. The highest BCUT2D eigenvalue weighted by Gasteiger charge is 2.14. The van der Waals surface area contributed by atoms with Gasteiger partial charge in [0, 0.05) is 11.7 Å². The van der Waals surface area contributed by atoms with Crippen molar-refractivity contribution < 1.29 is 13.5 Å². The number of anilines is 1. The summed E-state index contributed by atoms with van der Waals surface area (Å²) in [5.74, 6) is -0.201. The minimum Gasteiger partial charge on any atom is -0.432 e. The first-order chi connectivity index (χ1) is 7.40. The summed E-state index contributed by atoms with van der Waals surface area (Å²) in [5, 5.41) is 3.16. The zero-order valence-corrected chi connectivity index (χ0v) is 10.2. The monoisotopic (exact) mass is 269 g/mol. The number of rotatable bonds is 4. The summed E-state index contributed by atoms with van der Waals surface area (Å²) in [7, 11) is 0. The van der Waals surface area contributed by atoms with Crippen LogP contribution in [0.15, 0.2) is 12.1 Å². The van der Waals surface area contributed by atoms with Crippen molar-refractivity contribution in [3.8, 4) is 5.75 Å². The van der Waals surface area contributed by atoms with Crippen LogP contribution in [-0.4, -0.2) is 12.7 Å². The maximum Gasteiger partial charge on any atom is 0.387 e. The van der Waals surface area contributed by atoms with Crippen LogP contribution in [0.3, 0.4) is 0 Å². The van der Waals surface area contributed by atoms with Gasteiger partial charge in [-0.05, 0) is 26.0 Å². The molecule has 1 aromatic carbocycles. The van der Waals surface area contributed by atoms with Crippen LogP contribution >= 0.6 is 23.2 Å². The molecule has 0 bridgehead atoms. The lowest BCUT2D eigenvalue weighted by Crippen LogP contribution is -2.10. The standard InChI is InChI=1S/C10H11Cl2F2NO/c1-5(2)15-6-3-7(11)9(8(12)4-6)16-10(13)14/h3-5,10,15H,1-2H3. The molecule has 0 saturated carbocycles. The smallest absolute Gasteiger partial charge is 0.387 e. The molecule has 0 radical (unpaired) electrons. The lowest BCUT2D eigenvalue weighted by atomic mass is 10.2. The predicted octanol–water partition coefficient (Wildman–Crippen LogP) is 4.42. The quantitative estimate of drug-likeness (QED) is 0.874. The van der Waals surface area contributed by atoms with Crippen molar-refractivity contribution in [1.82, 2.24) is 0 Å². The molecule has 0 saturated heterocycles. The third-order valence-electron chi connectivity index (χ3n) is 1.66. The normalized spacial score (nSPS) is 11.0. The van der Waals surface area contributed by atoms with E-state index in [0.29, 0.717) is 5.69 Å². The van der Waals surface area contributed by atoms with Gasteiger partial charge in [0.15, 0.2) is 5.75 Å². The van der Waals surface area contributed by atoms with E-state index in [0.717, 1.165) is 0 Å². The van der Waals surface area contributed by atoms with Crippen molar-refractivity contribution in [1.29, 1.82) is 0 Å². The summed E-state index contributed by atoms with van der Waals surface area (Å²) < 4.78 is 28.3. The average molecular weight is 270 g/mol. The first-order valence-electron chi connectivity index (χ1n) is 4.60. The highest BCUT2D eigenvalue weighted by Crippen LogP contribution is 2.37. The van der Waals surface area contributed by atoms with Gasteiger partial charge < -0.3 is 10.1 Å². The van der Waals surface area contributed by atoms with E-state index in [-0.39, 0.29) is 21.8 Å². The van der Waals surface area contributed by atoms with Crippen molar-refractivity contribution in [2.24, 2.45) is 0 Å². The Morgan fingerprint density at radius 1 is 1.19 bits per heavy atom. The van der Waals surface area contributed by atoms with E-state index in [1.165, 1.54) is 12.1 Å². The molecule has 2 nitrogen and oxygen atoms in total. The van der Waals surface area contributed by atoms with Crippen molar-refractivity contribution >= 4 is 28.9 Å². The van der Waals surface area contributed by atoms with Gasteiger partial charge in [-0.3, -0.25) is 0 Å². The van der Waals surface area contributed by atoms with Gasteiger partial charge in [-0.1, -0.05) is 23.2 Å². The largest absolute Gasteiger partial charge is 0.432 e. The topological polar surface area (TPSA) is 21.3 Å². The molecule has 90 valence electrons. The third kappa shape index (κ3) is 3.68. The number of hydrogen-bond acceptors (Lipinski definition) is 2. The molecule has 0 aliphatic carbocycles. The Morgan fingerprint density at radius 2 is 1.69 bits per heavy atom. The molecule has 0 aliphatic heterocycles. The van der Waals surface area contributed by atoms with E-state index in [4.69, 9.17) is 23.2 Å². The van der Waals surface area contributed by atoms with Crippen molar-refractivity contribution in [2.75, 3.05) is 5.32 Å². The van der Waals surface area contributed by atoms with Gasteiger partial charge in [0.2, 0.25) is 0 Å². The maximum atomic E-state index is 12.0. The predicted molar refractivity (Wildman–Crippen MR) is 61.9 cm³/mol. The van der Waals surface area contributed by atoms with Gasteiger partial charge in [0.25, 0.3) is 0 Å².